The first-order chi connectivity index (χ1) is 13.9. The van der Waals surface area contributed by atoms with E-state index in [4.69, 9.17) is 0 Å². The second-order valence-corrected chi connectivity index (χ2v) is 7.16. The van der Waals surface area contributed by atoms with Crippen LogP contribution in [0.25, 0.3) is 0 Å². The maximum atomic E-state index is 12.2. The van der Waals surface area contributed by atoms with E-state index in [0.717, 1.165) is 6.42 Å². The van der Waals surface area contributed by atoms with Gasteiger partial charge in [-0.2, -0.15) is 0 Å². The van der Waals surface area contributed by atoms with Gasteiger partial charge in [0.2, 0.25) is 17.7 Å². The van der Waals surface area contributed by atoms with Crippen LogP contribution in [0.3, 0.4) is 0 Å². The van der Waals surface area contributed by atoms with Crippen molar-refractivity contribution in [2.75, 3.05) is 22.9 Å². The molecule has 156 valence electrons. The predicted octanol–water partition coefficient (Wildman–Crippen LogP) is 1.59. The normalized spacial score (nSPS) is 10.4. The highest BCUT2D eigenvalue weighted by atomic mass is 32.2. The standard InChI is InChI=1S/C19H25N5O4S/c1-3-8-20-17(27)10-24-16(11-25)9-21-19(24)29-12-18(28)23-15-6-4-14(5-7-15)22-13(2)26/h4-7,9,25H,3,8,10-12H2,1-2H3,(H,20,27)(H,22,26)(H,23,28). The van der Waals surface area contributed by atoms with Crippen LogP contribution < -0.4 is 16.0 Å². The summed E-state index contributed by atoms with van der Waals surface area (Å²) < 4.78 is 1.60. The molecule has 0 aliphatic carbocycles. The summed E-state index contributed by atoms with van der Waals surface area (Å²) >= 11 is 1.18. The average molecular weight is 420 g/mol. The Labute approximate surface area is 173 Å². The number of rotatable bonds is 10. The minimum absolute atomic E-state index is 0.0322. The zero-order chi connectivity index (χ0) is 21.2. The summed E-state index contributed by atoms with van der Waals surface area (Å²) in [6, 6.07) is 6.77. The number of hydrogen-bond donors (Lipinski definition) is 4. The van der Waals surface area contributed by atoms with E-state index in [2.05, 4.69) is 20.9 Å². The van der Waals surface area contributed by atoms with E-state index >= 15 is 0 Å². The van der Waals surface area contributed by atoms with Gasteiger partial charge in [-0.15, -0.1) is 0 Å². The van der Waals surface area contributed by atoms with Gasteiger partial charge in [0.25, 0.3) is 0 Å². The number of thioether (sulfide) groups is 1. The molecule has 0 saturated heterocycles. The van der Waals surface area contributed by atoms with Crippen LogP contribution in [0.4, 0.5) is 11.4 Å². The van der Waals surface area contributed by atoms with Crippen LogP contribution >= 0.6 is 11.8 Å². The van der Waals surface area contributed by atoms with Crippen LogP contribution in [0.5, 0.6) is 0 Å². The molecule has 3 amide bonds. The molecule has 0 aliphatic heterocycles. The number of carbonyl (C=O) groups excluding carboxylic acids is 3. The zero-order valence-corrected chi connectivity index (χ0v) is 17.2. The van der Waals surface area contributed by atoms with E-state index in [-0.39, 0.29) is 36.6 Å². The fourth-order valence-electron chi connectivity index (χ4n) is 2.43. The van der Waals surface area contributed by atoms with Gasteiger partial charge in [0.05, 0.1) is 24.3 Å². The van der Waals surface area contributed by atoms with Crippen molar-refractivity contribution in [2.24, 2.45) is 0 Å². The Morgan fingerprint density at radius 1 is 1.10 bits per heavy atom. The molecule has 1 aromatic carbocycles. The van der Waals surface area contributed by atoms with Crippen molar-refractivity contribution in [2.45, 2.75) is 38.6 Å². The van der Waals surface area contributed by atoms with Crippen LogP contribution in [0.1, 0.15) is 26.0 Å². The molecule has 0 unspecified atom stereocenters. The third kappa shape index (κ3) is 7.24. The smallest absolute Gasteiger partial charge is 0.240 e. The van der Waals surface area contributed by atoms with E-state index in [1.807, 2.05) is 6.92 Å². The van der Waals surface area contributed by atoms with Gasteiger partial charge >= 0.3 is 0 Å². The minimum Gasteiger partial charge on any atom is -0.390 e. The fraction of sp³-hybridized carbons (Fsp3) is 0.368. The third-order valence-electron chi connectivity index (χ3n) is 3.76. The lowest BCUT2D eigenvalue weighted by Crippen LogP contribution is -2.29. The largest absolute Gasteiger partial charge is 0.390 e. The molecule has 29 heavy (non-hydrogen) atoms. The van der Waals surface area contributed by atoms with E-state index in [1.54, 1.807) is 28.8 Å². The number of aromatic nitrogens is 2. The van der Waals surface area contributed by atoms with Crippen molar-refractivity contribution in [1.82, 2.24) is 14.9 Å². The molecule has 0 saturated carbocycles. The van der Waals surface area contributed by atoms with E-state index in [1.165, 1.54) is 24.9 Å². The first kappa shape index (κ1) is 22.4. The molecule has 0 aliphatic rings. The highest BCUT2D eigenvalue weighted by Gasteiger charge is 2.15. The summed E-state index contributed by atoms with van der Waals surface area (Å²) in [5.74, 6) is -0.492. The Bertz CT molecular complexity index is 851. The van der Waals surface area contributed by atoms with Gasteiger partial charge in [-0.1, -0.05) is 18.7 Å². The quantitative estimate of drug-likeness (QED) is 0.434. The highest BCUT2D eigenvalue weighted by molar-refractivity contribution is 7.99. The Morgan fingerprint density at radius 3 is 2.34 bits per heavy atom. The van der Waals surface area contributed by atoms with Crippen molar-refractivity contribution in [3.8, 4) is 0 Å². The van der Waals surface area contributed by atoms with Gasteiger partial charge < -0.3 is 25.6 Å². The summed E-state index contributed by atoms with van der Waals surface area (Å²) in [6.45, 7) is 3.75. The molecule has 9 nitrogen and oxygen atoms in total. The van der Waals surface area contributed by atoms with Gasteiger partial charge in [0, 0.05) is 24.8 Å². The van der Waals surface area contributed by atoms with E-state index in [9.17, 15) is 19.5 Å². The number of imidazole rings is 1. The Morgan fingerprint density at radius 2 is 1.76 bits per heavy atom. The lowest BCUT2D eigenvalue weighted by Gasteiger charge is -2.11. The van der Waals surface area contributed by atoms with E-state index < -0.39 is 0 Å². The second kappa shape index (κ2) is 11.2. The van der Waals surface area contributed by atoms with Crippen molar-refractivity contribution < 1.29 is 19.5 Å². The molecule has 0 bridgehead atoms. The molecule has 0 spiro atoms. The Hall–Kier alpha value is -2.85. The van der Waals surface area contributed by atoms with Crippen molar-refractivity contribution >= 4 is 40.9 Å². The summed E-state index contributed by atoms with van der Waals surface area (Å²) in [6.07, 6.45) is 2.32. The SMILES string of the molecule is CCCNC(=O)Cn1c(CO)cnc1SCC(=O)Nc1ccc(NC(C)=O)cc1. The molecule has 0 atom stereocenters. The van der Waals surface area contributed by atoms with Gasteiger partial charge in [0.15, 0.2) is 5.16 Å². The van der Waals surface area contributed by atoms with Crippen LogP contribution in [-0.2, 0) is 27.5 Å². The summed E-state index contributed by atoms with van der Waals surface area (Å²) in [5.41, 5.74) is 1.75. The fourth-order valence-corrected chi connectivity index (χ4v) is 3.23. The molecule has 0 radical (unpaired) electrons. The topological polar surface area (TPSA) is 125 Å². The number of aliphatic hydroxyl groups is 1. The third-order valence-corrected chi connectivity index (χ3v) is 4.75. The predicted molar refractivity (Wildman–Crippen MR) is 112 cm³/mol. The number of carbonyl (C=O) groups is 3. The van der Waals surface area contributed by atoms with E-state index in [0.29, 0.717) is 28.8 Å². The molecule has 1 heterocycles. The maximum absolute atomic E-state index is 12.2. The Kier molecular flexibility index (Phi) is 8.68. The molecule has 2 aromatic rings. The monoisotopic (exact) mass is 419 g/mol. The molecular formula is C19H25N5O4S. The molecule has 0 fully saturated rings. The molecular weight excluding hydrogens is 394 g/mol. The van der Waals surface area contributed by atoms with Gasteiger partial charge in [0.1, 0.15) is 6.54 Å². The number of nitrogens with one attached hydrogen (secondary N) is 3. The van der Waals surface area contributed by atoms with Gasteiger partial charge in [-0.05, 0) is 30.7 Å². The number of anilines is 2. The number of nitrogens with zero attached hydrogens (tertiary/aromatic N) is 2. The molecule has 10 heteroatoms. The lowest BCUT2D eigenvalue weighted by molar-refractivity contribution is -0.121. The van der Waals surface area contributed by atoms with Crippen LogP contribution in [0, 0.1) is 0 Å². The first-order valence-corrected chi connectivity index (χ1v) is 10.1. The molecule has 1 aromatic heterocycles. The van der Waals surface area contributed by atoms with Crippen LogP contribution in [-0.4, -0.2) is 44.7 Å². The number of benzene rings is 1. The number of amides is 3. The highest BCUT2D eigenvalue weighted by Crippen LogP contribution is 2.20. The second-order valence-electron chi connectivity index (χ2n) is 6.22. The molecule has 2 rings (SSSR count). The average Bonchev–Trinajstić information content (AvgIpc) is 3.07. The lowest BCUT2D eigenvalue weighted by atomic mass is 10.3. The van der Waals surface area contributed by atoms with Gasteiger partial charge in [-0.25, -0.2) is 4.98 Å². The maximum Gasteiger partial charge on any atom is 0.240 e. The van der Waals surface area contributed by atoms with Crippen LogP contribution in [0.15, 0.2) is 35.6 Å². The summed E-state index contributed by atoms with van der Waals surface area (Å²) in [4.78, 5) is 39.5. The Balaban J connectivity index is 1.93. The first-order valence-electron chi connectivity index (χ1n) is 9.15. The number of aliphatic hydroxyl groups excluding tert-OH is 1. The molecule has 4 N–H and O–H groups in total. The summed E-state index contributed by atoms with van der Waals surface area (Å²) in [5, 5.41) is 18.1. The van der Waals surface area contributed by atoms with Crippen LogP contribution in [0.2, 0.25) is 0 Å². The van der Waals surface area contributed by atoms with Crippen molar-refractivity contribution in [3.63, 3.8) is 0 Å². The van der Waals surface area contributed by atoms with Gasteiger partial charge in [-0.3, -0.25) is 14.4 Å². The van der Waals surface area contributed by atoms with Crippen molar-refractivity contribution in [3.05, 3.63) is 36.2 Å². The zero-order valence-electron chi connectivity index (χ0n) is 16.4. The summed E-state index contributed by atoms with van der Waals surface area (Å²) in [7, 11) is 0. The number of hydrogen-bond acceptors (Lipinski definition) is 6. The minimum atomic E-state index is -0.249. The van der Waals surface area contributed by atoms with Crippen molar-refractivity contribution in [1.29, 1.82) is 0 Å².